The average Bonchev–Trinajstić information content (AvgIpc) is 2.39. The minimum absolute atomic E-state index is 0.0266. The number of rotatable bonds is 4. The second-order valence-corrected chi connectivity index (χ2v) is 3.15. The largest absolute Gasteiger partial charge is 0.366 e. The van der Waals surface area contributed by atoms with Crippen LogP contribution in [-0.2, 0) is 0 Å². The van der Waals surface area contributed by atoms with Crippen molar-refractivity contribution in [3.8, 4) is 12.1 Å². The van der Waals surface area contributed by atoms with E-state index in [0.29, 0.717) is 0 Å². The highest BCUT2D eigenvalue weighted by Gasteiger charge is 2.15. The first kappa shape index (κ1) is 13.6. The third-order valence-electron chi connectivity index (χ3n) is 1.98. The van der Waals surface area contributed by atoms with E-state index in [0.717, 1.165) is 12.1 Å². The topological polar surface area (TPSA) is 158 Å². The van der Waals surface area contributed by atoms with E-state index in [1.807, 2.05) is 0 Å². The van der Waals surface area contributed by atoms with Crippen LogP contribution in [0.25, 0.3) is 0 Å². The van der Waals surface area contributed by atoms with E-state index in [1.165, 1.54) is 18.2 Å². The van der Waals surface area contributed by atoms with Crippen molar-refractivity contribution in [1.82, 2.24) is 0 Å². The van der Waals surface area contributed by atoms with Gasteiger partial charge < -0.3 is 5.73 Å². The van der Waals surface area contributed by atoms with Crippen molar-refractivity contribution in [2.75, 3.05) is 5.43 Å². The molecule has 9 nitrogen and oxygen atoms in total. The Morgan fingerprint density at radius 1 is 1.42 bits per heavy atom. The molecule has 0 heterocycles. The number of nitro groups is 1. The molecular formula is C10H6N6O3. The zero-order valence-electron chi connectivity index (χ0n) is 9.32. The predicted octanol–water partition coefficient (Wildman–Crippen LogP) is 0.509. The summed E-state index contributed by atoms with van der Waals surface area (Å²) in [6.07, 6.45) is 0. The van der Waals surface area contributed by atoms with E-state index in [1.54, 1.807) is 0 Å². The van der Waals surface area contributed by atoms with E-state index in [9.17, 15) is 14.9 Å². The van der Waals surface area contributed by atoms with Gasteiger partial charge in [0, 0.05) is 11.6 Å². The number of nitrogens with zero attached hydrogens (tertiary/aromatic N) is 4. The Bertz CT molecular complexity index is 636. The summed E-state index contributed by atoms with van der Waals surface area (Å²) in [7, 11) is 0. The summed E-state index contributed by atoms with van der Waals surface area (Å²) in [5.74, 6) is -0.775. The van der Waals surface area contributed by atoms with E-state index in [-0.39, 0.29) is 16.9 Å². The highest BCUT2D eigenvalue weighted by atomic mass is 16.6. The maximum absolute atomic E-state index is 11.0. The summed E-state index contributed by atoms with van der Waals surface area (Å²) in [6, 6.07) is 6.30. The molecule has 0 spiro atoms. The quantitative estimate of drug-likeness (QED) is 0.454. The summed E-state index contributed by atoms with van der Waals surface area (Å²) < 4.78 is 0. The van der Waals surface area contributed by atoms with Crippen molar-refractivity contribution in [3.63, 3.8) is 0 Å². The lowest BCUT2D eigenvalue weighted by atomic mass is 10.1. The molecule has 94 valence electrons. The first-order chi connectivity index (χ1) is 8.99. The number of nitrogens with one attached hydrogen (secondary N) is 1. The van der Waals surface area contributed by atoms with Gasteiger partial charge in [-0.05, 0) is 12.1 Å². The van der Waals surface area contributed by atoms with Crippen LogP contribution in [0.5, 0.6) is 0 Å². The van der Waals surface area contributed by atoms with Crippen molar-refractivity contribution < 1.29 is 9.72 Å². The molecule has 1 aromatic carbocycles. The number of hydrogen-bond donors (Lipinski definition) is 2. The molecule has 0 aromatic heterocycles. The average molecular weight is 258 g/mol. The fourth-order valence-electron chi connectivity index (χ4n) is 1.13. The number of nitro benzene ring substituents is 1. The van der Waals surface area contributed by atoms with Crippen molar-refractivity contribution >= 4 is 23.0 Å². The molecular weight excluding hydrogens is 252 g/mol. The van der Waals surface area contributed by atoms with Gasteiger partial charge in [0.25, 0.3) is 5.69 Å². The predicted molar refractivity (Wildman–Crippen MR) is 63.9 cm³/mol. The van der Waals surface area contributed by atoms with E-state index >= 15 is 0 Å². The van der Waals surface area contributed by atoms with Crippen LogP contribution in [0, 0.1) is 32.8 Å². The summed E-state index contributed by atoms with van der Waals surface area (Å²) in [6.45, 7) is 0. The molecule has 1 rings (SSSR count). The maximum atomic E-state index is 11.0. The lowest BCUT2D eigenvalue weighted by molar-refractivity contribution is -0.384. The molecule has 3 N–H and O–H groups in total. The molecule has 0 unspecified atom stereocenters. The van der Waals surface area contributed by atoms with E-state index in [4.69, 9.17) is 16.3 Å². The van der Waals surface area contributed by atoms with E-state index < -0.39 is 16.5 Å². The van der Waals surface area contributed by atoms with Gasteiger partial charge in [0.2, 0.25) is 11.6 Å². The smallest absolute Gasteiger partial charge is 0.294 e. The van der Waals surface area contributed by atoms with Crippen LogP contribution >= 0.6 is 0 Å². The lowest BCUT2D eigenvalue weighted by Gasteiger charge is -2.03. The second-order valence-electron chi connectivity index (χ2n) is 3.15. The molecule has 0 fully saturated rings. The Balaban J connectivity index is 3.24. The number of amides is 1. The lowest BCUT2D eigenvalue weighted by Crippen LogP contribution is -2.11. The number of carbonyl (C=O) groups is 1. The maximum Gasteiger partial charge on any atom is 0.294 e. The van der Waals surface area contributed by atoms with Gasteiger partial charge in [0.05, 0.1) is 4.92 Å². The van der Waals surface area contributed by atoms with Gasteiger partial charge in [0.1, 0.15) is 17.8 Å². The SMILES string of the molecule is N#CC(C#N)=NNc1cc(C(N)=O)ccc1[N+](=O)[O-]. The Morgan fingerprint density at radius 2 is 2.05 bits per heavy atom. The van der Waals surface area contributed by atoms with Crippen LogP contribution in [0.2, 0.25) is 0 Å². The molecule has 0 radical (unpaired) electrons. The third kappa shape index (κ3) is 3.25. The molecule has 0 atom stereocenters. The number of anilines is 1. The van der Waals surface area contributed by atoms with Gasteiger partial charge in [-0.2, -0.15) is 15.6 Å². The van der Waals surface area contributed by atoms with Crippen LogP contribution < -0.4 is 11.2 Å². The minimum Gasteiger partial charge on any atom is -0.366 e. The van der Waals surface area contributed by atoms with Crippen molar-refractivity contribution in [1.29, 1.82) is 10.5 Å². The fourth-order valence-corrected chi connectivity index (χ4v) is 1.13. The number of hydrazone groups is 1. The summed E-state index contributed by atoms with van der Waals surface area (Å²) in [4.78, 5) is 21.0. The van der Waals surface area contributed by atoms with Gasteiger partial charge in [-0.25, -0.2) is 0 Å². The van der Waals surface area contributed by atoms with Crippen molar-refractivity contribution in [2.45, 2.75) is 0 Å². The van der Waals surface area contributed by atoms with Gasteiger partial charge in [-0.15, -0.1) is 0 Å². The molecule has 0 aliphatic heterocycles. The summed E-state index contributed by atoms with van der Waals surface area (Å²) in [5.41, 5.74) is 6.22. The first-order valence-electron chi connectivity index (χ1n) is 4.71. The number of hydrogen-bond acceptors (Lipinski definition) is 7. The number of nitrogens with two attached hydrogens (primary N) is 1. The van der Waals surface area contributed by atoms with Crippen LogP contribution in [0.1, 0.15) is 10.4 Å². The Kier molecular flexibility index (Phi) is 4.11. The summed E-state index contributed by atoms with van der Waals surface area (Å²) in [5, 5.41) is 31.1. The Hall–Kier alpha value is -3.46. The zero-order chi connectivity index (χ0) is 14.4. The fraction of sp³-hybridized carbons (Fsp3) is 0. The van der Waals surface area contributed by atoms with Gasteiger partial charge in [0.15, 0.2) is 0 Å². The van der Waals surface area contributed by atoms with E-state index in [2.05, 4.69) is 10.5 Å². The van der Waals surface area contributed by atoms with Gasteiger partial charge in [-0.3, -0.25) is 20.3 Å². The first-order valence-corrected chi connectivity index (χ1v) is 4.71. The Morgan fingerprint density at radius 3 is 2.53 bits per heavy atom. The van der Waals surface area contributed by atoms with Crippen LogP contribution in [0.15, 0.2) is 23.3 Å². The minimum atomic E-state index is -0.775. The molecule has 1 amide bonds. The second kappa shape index (κ2) is 5.75. The molecule has 0 aliphatic rings. The highest BCUT2D eigenvalue weighted by Crippen LogP contribution is 2.25. The number of carbonyl (C=O) groups excluding carboxylic acids is 1. The number of primary amides is 1. The van der Waals surface area contributed by atoms with Crippen LogP contribution in [-0.4, -0.2) is 16.5 Å². The van der Waals surface area contributed by atoms with Crippen LogP contribution in [0.4, 0.5) is 11.4 Å². The summed E-state index contributed by atoms with van der Waals surface area (Å²) >= 11 is 0. The van der Waals surface area contributed by atoms with Crippen LogP contribution in [0.3, 0.4) is 0 Å². The zero-order valence-corrected chi connectivity index (χ0v) is 9.32. The third-order valence-corrected chi connectivity index (χ3v) is 1.98. The molecule has 0 aliphatic carbocycles. The molecule has 0 bridgehead atoms. The molecule has 0 saturated carbocycles. The normalized spacial score (nSPS) is 8.74. The number of benzene rings is 1. The van der Waals surface area contributed by atoms with Crippen molar-refractivity contribution in [2.24, 2.45) is 10.8 Å². The van der Waals surface area contributed by atoms with Gasteiger partial charge >= 0.3 is 0 Å². The molecule has 0 saturated heterocycles. The standard InChI is InChI=1S/C10H6N6O3/c11-4-7(5-12)14-15-8-3-6(10(13)17)1-2-9(8)16(18)19/h1-3,15H,(H2,13,17). The van der Waals surface area contributed by atoms with Gasteiger partial charge in [-0.1, -0.05) is 0 Å². The molecule has 19 heavy (non-hydrogen) atoms. The highest BCUT2D eigenvalue weighted by molar-refractivity contribution is 6.10. The van der Waals surface area contributed by atoms with Crippen molar-refractivity contribution in [3.05, 3.63) is 33.9 Å². The Labute approximate surface area is 106 Å². The monoisotopic (exact) mass is 258 g/mol. The molecule has 1 aromatic rings. The molecule has 9 heteroatoms. The number of nitriles is 2.